The molecule has 13 heavy (non-hydrogen) atoms. The average Bonchev–Trinajstić information content (AvgIpc) is 1.82. The van der Waals surface area contributed by atoms with Crippen molar-refractivity contribution in [1.82, 2.24) is 6.15 Å². The second kappa shape index (κ2) is 10.4. The first kappa shape index (κ1) is 17.5. The number of carboxylic acids is 3. The van der Waals surface area contributed by atoms with E-state index in [4.69, 9.17) is 20.1 Å². The minimum Gasteiger partial charge on any atom is -0.481 e. The fourth-order valence-corrected chi connectivity index (χ4v) is 0.214. The van der Waals surface area contributed by atoms with Crippen LogP contribution in [-0.4, -0.2) is 33.2 Å². The van der Waals surface area contributed by atoms with Crippen molar-refractivity contribution in [3.8, 4) is 0 Å². The van der Waals surface area contributed by atoms with Gasteiger partial charge in [0.15, 0.2) is 0 Å². The van der Waals surface area contributed by atoms with Crippen molar-refractivity contribution in [3.05, 3.63) is 0 Å². The fourth-order valence-electron chi connectivity index (χ4n) is 0.214. The Labute approximate surface area is 74.6 Å². The van der Waals surface area contributed by atoms with Crippen LogP contribution in [0.5, 0.6) is 0 Å². The number of hydrogen-bond acceptors (Lipinski definition) is 4. The number of carboxylic acid groups (broad SMARTS) is 3. The zero-order chi connectivity index (χ0) is 10.1. The molecule has 0 atom stereocenters. The molecule has 7 heteroatoms. The first-order chi connectivity index (χ1) is 5.36. The zero-order valence-corrected chi connectivity index (χ0v) is 7.19. The molecule has 78 valence electrons. The van der Waals surface area contributed by atoms with Gasteiger partial charge in [0.05, 0.1) is 12.8 Å². The van der Waals surface area contributed by atoms with Crippen LogP contribution < -0.4 is 6.15 Å². The van der Waals surface area contributed by atoms with Gasteiger partial charge in [-0.1, -0.05) is 0 Å². The van der Waals surface area contributed by atoms with Crippen molar-refractivity contribution in [1.29, 1.82) is 0 Å². The van der Waals surface area contributed by atoms with E-state index in [0.29, 0.717) is 0 Å². The Hall–Kier alpha value is -1.63. The maximum atomic E-state index is 9.64. The summed E-state index contributed by atoms with van der Waals surface area (Å²) in [6.07, 6.45) is -0.593. The SMILES string of the molecule is CC(=O)O.N.O=C(O)CCC(=O)O. The van der Waals surface area contributed by atoms with Crippen molar-refractivity contribution < 1.29 is 29.7 Å². The predicted molar refractivity (Wildman–Crippen MR) is 42.8 cm³/mol. The largest absolute Gasteiger partial charge is 0.481 e. The zero-order valence-electron chi connectivity index (χ0n) is 7.19. The molecule has 0 rings (SSSR count). The lowest BCUT2D eigenvalue weighted by Gasteiger charge is -1.85. The molecule has 0 aliphatic heterocycles. The molecule has 0 unspecified atom stereocenters. The van der Waals surface area contributed by atoms with Crippen molar-refractivity contribution in [2.24, 2.45) is 0 Å². The van der Waals surface area contributed by atoms with Gasteiger partial charge in [-0.2, -0.15) is 0 Å². The summed E-state index contributed by atoms with van der Waals surface area (Å²) >= 11 is 0. The van der Waals surface area contributed by atoms with Gasteiger partial charge < -0.3 is 21.5 Å². The highest BCUT2D eigenvalue weighted by molar-refractivity contribution is 5.75. The quantitative estimate of drug-likeness (QED) is 0.502. The van der Waals surface area contributed by atoms with Crippen LogP contribution in [0.25, 0.3) is 0 Å². The Kier molecular flexibility index (Phi) is 13.9. The highest BCUT2D eigenvalue weighted by Crippen LogP contribution is 1.86. The first-order valence-corrected chi connectivity index (χ1v) is 2.99. The molecule has 0 radical (unpaired) electrons. The van der Waals surface area contributed by atoms with Gasteiger partial charge in [-0.25, -0.2) is 0 Å². The van der Waals surface area contributed by atoms with E-state index in [1.165, 1.54) is 0 Å². The third-order valence-electron chi connectivity index (χ3n) is 0.553. The van der Waals surface area contributed by atoms with Gasteiger partial charge in [0, 0.05) is 6.92 Å². The molecule has 0 bridgehead atoms. The average molecular weight is 195 g/mol. The fraction of sp³-hybridized carbons (Fsp3) is 0.500. The third-order valence-corrected chi connectivity index (χ3v) is 0.553. The monoisotopic (exact) mass is 195 g/mol. The Morgan fingerprint density at radius 2 is 1.08 bits per heavy atom. The summed E-state index contributed by atoms with van der Waals surface area (Å²) in [6, 6.07) is 0. The molecular weight excluding hydrogens is 182 g/mol. The normalized spacial score (nSPS) is 7.15. The topological polar surface area (TPSA) is 147 Å². The van der Waals surface area contributed by atoms with E-state index in [0.717, 1.165) is 6.92 Å². The predicted octanol–water partition coefficient (Wildman–Crippen LogP) is 0.189. The van der Waals surface area contributed by atoms with E-state index >= 15 is 0 Å². The molecule has 6 N–H and O–H groups in total. The van der Waals surface area contributed by atoms with Crippen molar-refractivity contribution in [2.75, 3.05) is 0 Å². The van der Waals surface area contributed by atoms with Gasteiger partial charge in [0.1, 0.15) is 0 Å². The Morgan fingerprint density at radius 1 is 0.923 bits per heavy atom. The number of carbonyl (C=O) groups is 3. The van der Waals surface area contributed by atoms with Crippen LogP contribution in [-0.2, 0) is 14.4 Å². The second-order valence-corrected chi connectivity index (χ2v) is 1.81. The second-order valence-electron chi connectivity index (χ2n) is 1.81. The smallest absolute Gasteiger partial charge is 0.303 e. The standard InChI is InChI=1S/C4H6O4.C2H4O2.H3N/c5-3(6)1-2-4(7)8;1-2(3)4;/h1-2H2,(H,5,6)(H,7,8);1H3,(H,3,4);1H3. The summed E-state index contributed by atoms with van der Waals surface area (Å²) in [6.45, 7) is 1.08. The van der Waals surface area contributed by atoms with E-state index < -0.39 is 17.9 Å². The summed E-state index contributed by atoms with van der Waals surface area (Å²) in [5.41, 5.74) is 0. The van der Waals surface area contributed by atoms with Gasteiger partial charge in [-0.05, 0) is 0 Å². The van der Waals surface area contributed by atoms with Gasteiger partial charge in [0.25, 0.3) is 5.97 Å². The Balaban J connectivity index is -0.000000173. The number of aliphatic carboxylic acids is 3. The third kappa shape index (κ3) is 64.0. The lowest BCUT2D eigenvalue weighted by atomic mass is 10.3. The molecule has 0 spiro atoms. The first-order valence-electron chi connectivity index (χ1n) is 2.99. The van der Waals surface area contributed by atoms with E-state index in [1.54, 1.807) is 0 Å². The molecule has 0 saturated carbocycles. The summed E-state index contributed by atoms with van der Waals surface area (Å²) in [5, 5.41) is 23.2. The van der Waals surface area contributed by atoms with Crippen LogP contribution in [0.2, 0.25) is 0 Å². The highest BCUT2D eigenvalue weighted by atomic mass is 16.4. The lowest BCUT2D eigenvalue weighted by Crippen LogP contribution is -2.00. The minimum atomic E-state index is -1.08. The van der Waals surface area contributed by atoms with Crippen LogP contribution in [0.15, 0.2) is 0 Å². The number of hydrogen-bond donors (Lipinski definition) is 4. The maximum absolute atomic E-state index is 9.64. The van der Waals surface area contributed by atoms with Crippen molar-refractivity contribution in [3.63, 3.8) is 0 Å². The molecule has 0 fully saturated rings. The van der Waals surface area contributed by atoms with Gasteiger partial charge in [-0.15, -0.1) is 0 Å². The van der Waals surface area contributed by atoms with Crippen molar-refractivity contribution >= 4 is 17.9 Å². The summed E-state index contributed by atoms with van der Waals surface area (Å²) in [5.74, 6) is -2.99. The van der Waals surface area contributed by atoms with E-state index in [1.807, 2.05) is 0 Å². The molecule has 0 aliphatic carbocycles. The molecule has 0 heterocycles. The van der Waals surface area contributed by atoms with E-state index in [-0.39, 0.29) is 19.0 Å². The van der Waals surface area contributed by atoms with E-state index in [2.05, 4.69) is 0 Å². The van der Waals surface area contributed by atoms with Crippen LogP contribution in [0.3, 0.4) is 0 Å². The molecule has 0 saturated heterocycles. The highest BCUT2D eigenvalue weighted by Gasteiger charge is 2.00. The van der Waals surface area contributed by atoms with Crippen LogP contribution >= 0.6 is 0 Å². The molecule has 0 aromatic heterocycles. The van der Waals surface area contributed by atoms with Crippen LogP contribution in [0.1, 0.15) is 19.8 Å². The van der Waals surface area contributed by atoms with Gasteiger partial charge in [-0.3, -0.25) is 14.4 Å². The van der Waals surface area contributed by atoms with Gasteiger partial charge in [0.2, 0.25) is 0 Å². The minimum absolute atomic E-state index is 0. The summed E-state index contributed by atoms with van der Waals surface area (Å²) < 4.78 is 0. The van der Waals surface area contributed by atoms with Crippen LogP contribution in [0.4, 0.5) is 0 Å². The molecule has 0 aromatic rings. The molecular formula is C6H13NO6. The van der Waals surface area contributed by atoms with Gasteiger partial charge >= 0.3 is 11.9 Å². The molecule has 0 amide bonds. The Bertz CT molecular complexity index is 160. The Morgan fingerprint density at radius 3 is 1.15 bits per heavy atom. The lowest BCUT2D eigenvalue weighted by molar-refractivity contribution is -0.143. The summed E-state index contributed by atoms with van der Waals surface area (Å²) in [4.78, 5) is 28.3. The van der Waals surface area contributed by atoms with Crippen molar-refractivity contribution in [2.45, 2.75) is 19.8 Å². The molecule has 0 aromatic carbocycles. The molecule has 0 aliphatic rings. The molecule has 7 nitrogen and oxygen atoms in total. The van der Waals surface area contributed by atoms with E-state index in [9.17, 15) is 9.59 Å². The van der Waals surface area contributed by atoms with Crippen LogP contribution in [0, 0.1) is 0 Å². The maximum Gasteiger partial charge on any atom is 0.303 e. The number of rotatable bonds is 3. The summed E-state index contributed by atoms with van der Waals surface area (Å²) in [7, 11) is 0.